The third-order valence-corrected chi connectivity index (χ3v) is 2.18. The molecule has 1 aromatic carbocycles. The Morgan fingerprint density at radius 2 is 2.00 bits per heavy atom. The number of ether oxygens (including phenoxy) is 2. The van der Waals surface area contributed by atoms with Gasteiger partial charge in [0.15, 0.2) is 11.5 Å². The van der Waals surface area contributed by atoms with Crippen LogP contribution in [0.4, 0.5) is 0 Å². The Kier molecular flexibility index (Phi) is 5.76. The molecule has 0 fully saturated rings. The van der Waals surface area contributed by atoms with Crippen molar-refractivity contribution in [2.75, 3.05) is 20.3 Å². The molecule has 0 bridgehead atoms. The summed E-state index contributed by atoms with van der Waals surface area (Å²) in [4.78, 5) is 0. The molecule has 96 valence electrons. The highest BCUT2D eigenvalue weighted by molar-refractivity contribution is 5.39. The van der Waals surface area contributed by atoms with Crippen LogP contribution in [-0.2, 0) is 0 Å². The molecular weight excluding hydrogens is 220 g/mol. The molecule has 4 N–H and O–H groups in total. The van der Waals surface area contributed by atoms with Gasteiger partial charge in [0, 0.05) is 6.54 Å². The standard InChI is InChI=1S/C12H20N2O3/c1-9(13)14-7-10(15)8-17-12-6-4-3-5-11(12)16-2/h3-6,9-10,14-15H,7-8,13H2,1-2H3. The summed E-state index contributed by atoms with van der Waals surface area (Å²) >= 11 is 0. The molecule has 0 aromatic heterocycles. The third-order valence-electron chi connectivity index (χ3n) is 2.18. The van der Waals surface area contributed by atoms with E-state index >= 15 is 0 Å². The molecular formula is C12H20N2O3. The second kappa shape index (κ2) is 7.11. The Morgan fingerprint density at radius 3 is 2.59 bits per heavy atom. The number of benzene rings is 1. The molecule has 2 unspecified atom stereocenters. The van der Waals surface area contributed by atoms with Crippen molar-refractivity contribution in [3.05, 3.63) is 24.3 Å². The lowest BCUT2D eigenvalue weighted by atomic mass is 10.3. The quantitative estimate of drug-likeness (QED) is 0.599. The van der Waals surface area contributed by atoms with Gasteiger partial charge in [0.25, 0.3) is 0 Å². The highest BCUT2D eigenvalue weighted by Crippen LogP contribution is 2.25. The van der Waals surface area contributed by atoms with Crippen LogP contribution in [0.3, 0.4) is 0 Å². The predicted molar refractivity (Wildman–Crippen MR) is 66.1 cm³/mol. The number of aliphatic hydroxyl groups excluding tert-OH is 1. The topological polar surface area (TPSA) is 76.7 Å². The average molecular weight is 240 g/mol. The lowest BCUT2D eigenvalue weighted by Crippen LogP contribution is -2.41. The van der Waals surface area contributed by atoms with Crippen LogP contribution < -0.4 is 20.5 Å². The molecule has 1 aromatic rings. The maximum atomic E-state index is 9.64. The van der Waals surface area contributed by atoms with E-state index in [1.807, 2.05) is 25.1 Å². The summed E-state index contributed by atoms with van der Waals surface area (Å²) in [6.07, 6.45) is -0.748. The molecule has 0 saturated carbocycles. The van der Waals surface area contributed by atoms with Gasteiger partial charge in [0.1, 0.15) is 12.7 Å². The van der Waals surface area contributed by atoms with Gasteiger partial charge in [0.05, 0.1) is 13.3 Å². The van der Waals surface area contributed by atoms with Gasteiger partial charge in [-0.05, 0) is 19.1 Å². The van der Waals surface area contributed by atoms with Crippen LogP contribution in [0.1, 0.15) is 6.92 Å². The van der Waals surface area contributed by atoms with Crippen LogP contribution in [0.15, 0.2) is 24.3 Å². The number of hydrogen-bond donors (Lipinski definition) is 3. The van der Waals surface area contributed by atoms with Crippen LogP contribution >= 0.6 is 0 Å². The highest BCUT2D eigenvalue weighted by atomic mass is 16.5. The zero-order valence-electron chi connectivity index (χ0n) is 10.2. The summed E-state index contributed by atoms with van der Waals surface area (Å²) in [6.45, 7) is 2.40. The van der Waals surface area contributed by atoms with Crippen molar-refractivity contribution in [2.24, 2.45) is 5.73 Å². The van der Waals surface area contributed by atoms with E-state index in [2.05, 4.69) is 5.32 Å². The molecule has 0 spiro atoms. The first-order valence-electron chi connectivity index (χ1n) is 5.56. The van der Waals surface area contributed by atoms with Crippen LogP contribution in [0.5, 0.6) is 11.5 Å². The van der Waals surface area contributed by atoms with E-state index in [0.29, 0.717) is 18.0 Å². The van der Waals surface area contributed by atoms with Crippen molar-refractivity contribution in [1.29, 1.82) is 0 Å². The van der Waals surface area contributed by atoms with Crippen molar-refractivity contribution >= 4 is 0 Å². The van der Waals surface area contributed by atoms with Crippen LogP contribution in [0, 0.1) is 0 Å². The van der Waals surface area contributed by atoms with Gasteiger partial charge in [0.2, 0.25) is 0 Å². The van der Waals surface area contributed by atoms with Gasteiger partial charge in [-0.2, -0.15) is 0 Å². The number of hydrogen-bond acceptors (Lipinski definition) is 5. The number of para-hydroxylation sites is 2. The van der Waals surface area contributed by atoms with Crippen molar-refractivity contribution in [3.63, 3.8) is 0 Å². The first-order chi connectivity index (χ1) is 8.13. The largest absolute Gasteiger partial charge is 0.493 e. The second-order valence-corrected chi connectivity index (χ2v) is 3.81. The molecule has 2 atom stereocenters. The average Bonchev–Trinajstić information content (AvgIpc) is 2.34. The summed E-state index contributed by atoms with van der Waals surface area (Å²) in [5.41, 5.74) is 5.51. The van der Waals surface area contributed by atoms with Gasteiger partial charge in [-0.1, -0.05) is 12.1 Å². The van der Waals surface area contributed by atoms with E-state index in [-0.39, 0.29) is 12.8 Å². The van der Waals surface area contributed by atoms with Gasteiger partial charge in [-0.15, -0.1) is 0 Å². The molecule has 0 amide bonds. The molecule has 1 rings (SSSR count). The van der Waals surface area contributed by atoms with Crippen molar-refractivity contribution in [1.82, 2.24) is 5.32 Å². The SMILES string of the molecule is COc1ccccc1OCC(O)CNC(C)N. The van der Waals surface area contributed by atoms with Crippen LogP contribution in [0.25, 0.3) is 0 Å². The Balaban J connectivity index is 2.39. The summed E-state index contributed by atoms with van der Waals surface area (Å²) in [5, 5.41) is 12.6. The molecule has 17 heavy (non-hydrogen) atoms. The molecule has 0 aliphatic heterocycles. The number of nitrogens with two attached hydrogens (primary N) is 1. The fourth-order valence-corrected chi connectivity index (χ4v) is 1.30. The zero-order valence-corrected chi connectivity index (χ0v) is 10.2. The number of nitrogens with one attached hydrogen (secondary N) is 1. The maximum Gasteiger partial charge on any atom is 0.161 e. The fraction of sp³-hybridized carbons (Fsp3) is 0.500. The lowest BCUT2D eigenvalue weighted by Gasteiger charge is -2.16. The minimum absolute atomic E-state index is 0.143. The van der Waals surface area contributed by atoms with Crippen molar-refractivity contribution < 1.29 is 14.6 Å². The molecule has 0 aliphatic rings. The minimum atomic E-state index is -0.606. The van der Waals surface area contributed by atoms with Gasteiger partial charge in [-0.3, -0.25) is 5.32 Å². The third kappa shape index (κ3) is 5.04. The molecule has 0 aliphatic carbocycles. The van der Waals surface area contributed by atoms with Crippen LogP contribution in [-0.4, -0.2) is 37.6 Å². The normalized spacial score (nSPS) is 14.1. The van der Waals surface area contributed by atoms with Crippen molar-refractivity contribution in [3.8, 4) is 11.5 Å². The molecule has 0 radical (unpaired) electrons. The van der Waals surface area contributed by atoms with Crippen molar-refractivity contribution in [2.45, 2.75) is 19.2 Å². The summed E-state index contributed by atoms with van der Waals surface area (Å²) in [7, 11) is 1.58. The molecule has 0 heterocycles. The number of aliphatic hydroxyl groups is 1. The minimum Gasteiger partial charge on any atom is -0.493 e. The van der Waals surface area contributed by atoms with E-state index in [1.54, 1.807) is 13.2 Å². The summed E-state index contributed by atoms with van der Waals surface area (Å²) in [5.74, 6) is 1.27. The number of rotatable bonds is 7. The van der Waals surface area contributed by atoms with Gasteiger partial charge >= 0.3 is 0 Å². The fourth-order valence-electron chi connectivity index (χ4n) is 1.30. The van der Waals surface area contributed by atoms with Crippen LogP contribution in [0.2, 0.25) is 0 Å². The van der Waals surface area contributed by atoms with Gasteiger partial charge in [-0.25, -0.2) is 0 Å². The predicted octanol–water partition coefficient (Wildman–Crippen LogP) is 0.329. The van der Waals surface area contributed by atoms with E-state index in [1.165, 1.54) is 0 Å². The van der Waals surface area contributed by atoms with E-state index in [9.17, 15) is 5.11 Å². The maximum absolute atomic E-state index is 9.64. The molecule has 5 heteroatoms. The Morgan fingerprint density at radius 1 is 1.35 bits per heavy atom. The summed E-state index contributed by atoms with van der Waals surface area (Å²) < 4.78 is 10.6. The molecule has 0 saturated heterocycles. The smallest absolute Gasteiger partial charge is 0.161 e. The van der Waals surface area contributed by atoms with E-state index in [0.717, 1.165) is 0 Å². The Hall–Kier alpha value is -1.30. The highest BCUT2D eigenvalue weighted by Gasteiger charge is 2.08. The monoisotopic (exact) mass is 240 g/mol. The molecule has 5 nitrogen and oxygen atoms in total. The zero-order chi connectivity index (χ0) is 12.7. The Bertz CT molecular complexity index is 331. The lowest BCUT2D eigenvalue weighted by molar-refractivity contribution is 0.102. The Labute approximate surface area is 102 Å². The first kappa shape index (κ1) is 13.8. The van der Waals surface area contributed by atoms with E-state index in [4.69, 9.17) is 15.2 Å². The summed E-state index contributed by atoms with van der Waals surface area (Å²) in [6, 6.07) is 7.32. The first-order valence-corrected chi connectivity index (χ1v) is 5.56. The number of methoxy groups -OCH3 is 1. The van der Waals surface area contributed by atoms with Gasteiger partial charge < -0.3 is 20.3 Å². The van der Waals surface area contributed by atoms with E-state index < -0.39 is 6.10 Å². The second-order valence-electron chi connectivity index (χ2n) is 3.81.